The molecule has 0 radical (unpaired) electrons. The van der Waals surface area contributed by atoms with Crippen molar-refractivity contribution in [3.63, 3.8) is 0 Å². The van der Waals surface area contributed by atoms with Crippen molar-refractivity contribution < 1.29 is 8.42 Å². The molecule has 0 saturated carbocycles. The molecule has 0 spiro atoms. The van der Waals surface area contributed by atoms with Gasteiger partial charge < -0.3 is 0 Å². The van der Waals surface area contributed by atoms with Gasteiger partial charge in [0.1, 0.15) is 0 Å². The lowest BCUT2D eigenvalue weighted by molar-refractivity contribution is 0.601. The molecule has 4 heteroatoms. The van der Waals surface area contributed by atoms with Gasteiger partial charge in [0.25, 0.3) is 0 Å². The first-order valence-electron chi connectivity index (χ1n) is 4.25. The molecule has 70 valence electrons. The second kappa shape index (κ2) is 2.80. The fraction of sp³-hybridized carbons (Fsp3) is 0.444. The summed E-state index contributed by atoms with van der Waals surface area (Å²) in [5.41, 5.74) is 2.16. The maximum Gasteiger partial charge on any atom is 0.177 e. The van der Waals surface area contributed by atoms with Gasteiger partial charge in [-0.25, -0.2) is 8.42 Å². The highest BCUT2D eigenvalue weighted by molar-refractivity contribution is 7.90. The lowest BCUT2D eigenvalue weighted by Crippen LogP contribution is -2.00. The summed E-state index contributed by atoms with van der Waals surface area (Å²) in [7, 11) is -3.09. The molecule has 1 aromatic heterocycles. The zero-order valence-electron chi connectivity index (χ0n) is 7.45. The molecule has 1 aromatic rings. The van der Waals surface area contributed by atoms with Gasteiger partial charge in [-0.05, 0) is 30.9 Å². The van der Waals surface area contributed by atoms with Crippen molar-refractivity contribution in [1.82, 2.24) is 4.98 Å². The van der Waals surface area contributed by atoms with Gasteiger partial charge in [0, 0.05) is 18.1 Å². The van der Waals surface area contributed by atoms with Gasteiger partial charge in [0.2, 0.25) is 0 Å². The third-order valence-electron chi connectivity index (χ3n) is 2.32. The van der Waals surface area contributed by atoms with Crippen molar-refractivity contribution in [2.75, 3.05) is 6.26 Å². The number of aryl methyl sites for hydroxylation is 2. The molecule has 0 amide bonds. The van der Waals surface area contributed by atoms with Crippen LogP contribution in [-0.4, -0.2) is 19.7 Å². The number of nitrogens with zero attached hydrogens (tertiary/aromatic N) is 1. The predicted octanol–water partition coefficient (Wildman–Crippen LogP) is 0.974. The van der Waals surface area contributed by atoms with Crippen LogP contribution < -0.4 is 0 Å². The summed E-state index contributed by atoms with van der Waals surface area (Å²) in [4.78, 5) is 4.49. The van der Waals surface area contributed by atoms with Crippen LogP contribution in [0, 0.1) is 0 Å². The van der Waals surface area contributed by atoms with Crippen LogP contribution in [0.25, 0.3) is 0 Å². The van der Waals surface area contributed by atoms with E-state index < -0.39 is 9.84 Å². The molecule has 3 nitrogen and oxygen atoms in total. The van der Waals surface area contributed by atoms with Gasteiger partial charge in [-0.15, -0.1) is 0 Å². The van der Waals surface area contributed by atoms with Crippen molar-refractivity contribution in [1.29, 1.82) is 0 Å². The van der Waals surface area contributed by atoms with Crippen LogP contribution in [0.15, 0.2) is 17.2 Å². The minimum absolute atomic E-state index is 0.341. The highest BCUT2D eigenvalue weighted by Gasteiger charge is 2.15. The van der Waals surface area contributed by atoms with Crippen LogP contribution in [0.3, 0.4) is 0 Å². The van der Waals surface area contributed by atoms with E-state index in [-0.39, 0.29) is 0 Å². The van der Waals surface area contributed by atoms with Crippen molar-refractivity contribution >= 4 is 9.84 Å². The number of hydrogen-bond donors (Lipinski definition) is 0. The number of aromatic nitrogens is 1. The number of fused-ring (bicyclic) bond motifs is 1. The van der Waals surface area contributed by atoms with E-state index in [2.05, 4.69) is 4.98 Å². The maximum atomic E-state index is 11.2. The molecule has 0 saturated heterocycles. The molecule has 2 rings (SSSR count). The van der Waals surface area contributed by atoms with E-state index in [1.165, 1.54) is 12.5 Å². The van der Waals surface area contributed by atoms with Crippen molar-refractivity contribution in [3.8, 4) is 0 Å². The Labute approximate surface area is 77.7 Å². The number of hydrogen-bond acceptors (Lipinski definition) is 3. The average Bonchev–Trinajstić information content (AvgIpc) is 2.47. The first kappa shape index (κ1) is 8.69. The van der Waals surface area contributed by atoms with Gasteiger partial charge >= 0.3 is 0 Å². The number of sulfone groups is 1. The van der Waals surface area contributed by atoms with E-state index >= 15 is 0 Å². The second-order valence-electron chi connectivity index (χ2n) is 3.40. The highest BCUT2D eigenvalue weighted by atomic mass is 32.2. The van der Waals surface area contributed by atoms with E-state index in [9.17, 15) is 8.42 Å². The Hall–Kier alpha value is -0.900. The summed E-state index contributed by atoms with van der Waals surface area (Å²) in [6.07, 6.45) is 5.71. The third-order valence-corrected chi connectivity index (χ3v) is 3.40. The first-order valence-corrected chi connectivity index (χ1v) is 6.14. The lowest BCUT2D eigenvalue weighted by Gasteiger charge is -2.01. The van der Waals surface area contributed by atoms with Crippen LogP contribution in [0.4, 0.5) is 0 Å². The Morgan fingerprint density at radius 3 is 2.85 bits per heavy atom. The third kappa shape index (κ3) is 1.58. The minimum atomic E-state index is -3.09. The molecule has 0 unspecified atom stereocenters. The Morgan fingerprint density at radius 1 is 1.38 bits per heavy atom. The Kier molecular flexibility index (Phi) is 1.87. The van der Waals surface area contributed by atoms with Gasteiger partial charge in [-0.1, -0.05) is 0 Å². The molecule has 0 bridgehead atoms. The normalized spacial score (nSPS) is 15.8. The first-order chi connectivity index (χ1) is 6.07. The largest absolute Gasteiger partial charge is 0.260 e. The molecule has 1 aliphatic rings. The topological polar surface area (TPSA) is 47.0 Å². The predicted molar refractivity (Wildman–Crippen MR) is 49.4 cm³/mol. The monoisotopic (exact) mass is 197 g/mol. The Balaban J connectivity index is 2.54. The van der Waals surface area contributed by atoms with Crippen LogP contribution in [0.5, 0.6) is 0 Å². The number of pyridine rings is 1. The molecule has 0 N–H and O–H groups in total. The van der Waals surface area contributed by atoms with Gasteiger partial charge in [0.15, 0.2) is 9.84 Å². The highest BCUT2D eigenvalue weighted by Crippen LogP contribution is 2.22. The van der Waals surface area contributed by atoms with Crippen LogP contribution in [0.2, 0.25) is 0 Å². The smallest absolute Gasteiger partial charge is 0.177 e. The SMILES string of the molecule is CS(=O)(=O)c1cnc2c(c1)CCC2. The van der Waals surface area contributed by atoms with Crippen LogP contribution >= 0.6 is 0 Å². The lowest BCUT2D eigenvalue weighted by atomic mass is 10.2. The zero-order chi connectivity index (χ0) is 9.47. The molecule has 0 aromatic carbocycles. The molecular formula is C9H11NO2S. The molecule has 0 atom stereocenters. The number of rotatable bonds is 1. The minimum Gasteiger partial charge on any atom is -0.260 e. The molecule has 1 aliphatic carbocycles. The summed E-state index contributed by atoms with van der Waals surface area (Å²) in [6.45, 7) is 0. The average molecular weight is 197 g/mol. The maximum absolute atomic E-state index is 11.2. The molecule has 0 fully saturated rings. The second-order valence-corrected chi connectivity index (χ2v) is 5.42. The van der Waals surface area contributed by atoms with E-state index in [4.69, 9.17) is 0 Å². The van der Waals surface area contributed by atoms with Crippen LogP contribution in [0.1, 0.15) is 17.7 Å². The molecule has 0 aliphatic heterocycles. The van der Waals surface area contributed by atoms with Crippen LogP contribution in [-0.2, 0) is 22.7 Å². The van der Waals surface area contributed by atoms with E-state index in [1.807, 2.05) is 0 Å². The fourth-order valence-corrected chi connectivity index (χ4v) is 2.21. The molecule has 1 heterocycles. The Bertz CT molecular complexity index is 437. The fourth-order valence-electron chi connectivity index (χ4n) is 1.61. The van der Waals surface area contributed by atoms with Crippen molar-refractivity contribution in [2.24, 2.45) is 0 Å². The molecule has 13 heavy (non-hydrogen) atoms. The van der Waals surface area contributed by atoms with Gasteiger partial charge in [0.05, 0.1) is 4.90 Å². The standard InChI is InChI=1S/C9H11NO2S/c1-13(11,12)8-5-7-3-2-4-9(7)10-6-8/h5-6H,2-4H2,1H3. The quantitative estimate of drug-likeness (QED) is 0.674. The molecular weight excluding hydrogens is 186 g/mol. The van der Waals surface area contributed by atoms with Crippen molar-refractivity contribution in [2.45, 2.75) is 24.2 Å². The van der Waals surface area contributed by atoms with Gasteiger partial charge in [-0.3, -0.25) is 4.98 Å². The Morgan fingerprint density at radius 2 is 2.15 bits per heavy atom. The summed E-state index contributed by atoms with van der Waals surface area (Å²) in [6, 6.07) is 1.75. The zero-order valence-corrected chi connectivity index (χ0v) is 8.26. The summed E-state index contributed by atoms with van der Waals surface area (Å²) >= 11 is 0. The van der Waals surface area contributed by atoms with E-state index in [0.29, 0.717) is 4.90 Å². The van der Waals surface area contributed by atoms with E-state index in [0.717, 1.165) is 30.5 Å². The summed E-state index contributed by atoms with van der Waals surface area (Å²) in [5, 5.41) is 0. The van der Waals surface area contributed by atoms with E-state index in [1.54, 1.807) is 6.07 Å². The summed E-state index contributed by atoms with van der Waals surface area (Å²) < 4.78 is 22.4. The summed E-state index contributed by atoms with van der Waals surface area (Å²) in [5.74, 6) is 0. The van der Waals surface area contributed by atoms with Gasteiger partial charge in [-0.2, -0.15) is 0 Å². The van der Waals surface area contributed by atoms with Crippen molar-refractivity contribution in [3.05, 3.63) is 23.5 Å².